The summed E-state index contributed by atoms with van der Waals surface area (Å²) in [6.07, 6.45) is 4.91. The molecule has 7 heteroatoms. The van der Waals surface area contributed by atoms with Crippen molar-refractivity contribution in [1.82, 2.24) is 20.9 Å². The van der Waals surface area contributed by atoms with E-state index in [2.05, 4.69) is 16.0 Å². The highest BCUT2D eigenvalue weighted by Crippen LogP contribution is 2.19. The van der Waals surface area contributed by atoms with Gasteiger partial charge in [-0.15, -0.1) is 0 Å². The topological polar surface area (TPSA) is 82.7 Å². The van der Waals surface area contributed by atoms with Crippen molar-refractivity contribution in [2.75, 3.05) is 32.8 Å². The first-order valence-corrected chi connectivity index (χ1v) is 8.38. The maximum Gasteiger partial charge on any atom is 0.317 e. The van der Waals surface area contributed by atoms with E-state index in [1.165, 1.54) is 0 Å². The molecule has 7 nitrogen and oxygen atoms in total. The number of hydrogen-bond donors (Lipinski definition) is 3. The van der Waals surface area contributed by atoms with E-state index in [0.29, 0.717) is 32.8 Å². The Kier molecular flexibility index (Phi) is 6.76. The number of ether oxygens (including phenoxy) is 1. The van der Waals surface area contributed by atoms with Gasteiger partial charge in [-0.25, -0.2) is 9.59 Å². The van der Waals surface area contributed by atoms with Crippen molar-refractivity contribution in [2.24, 2.45) is 0 Å². The van der Waals surface area contributed by atoms with Gasteiger partial charge in [-0.05, 0) is 19.3 Å². The molecular formula is C15H28N4O3. The van der Waals surface area contributed by atoms with Crippen LogP contribution in [0.1, 0.15) is 39.0 Å². The first-order chi connectivity index (χ1) is 10.7. The molecule has 1 saturated heterocycles. The zero-order valence-electron chi connectivity index (χ0n) is 13.4. The highest BCUT2D eigenvalue weighted by molar-refractivity contribution is 5.76. The van der Waals surface area contributed by atoms with E-state index in [1.807, 2.05) is 6.92 Å². The number of carbonyl (C=O) groups is 2. The Hall–Kier alpha value is -1.50. The standard InChI is InChI=1S/C15H28N4O3/c1-2-7-16-14(20)17-12-5-3-4-6-13(12)18-15(21)19-8-10-22-11-9-19/h12-13H,2-11H2,1H3,(H,18,21)(H2,16,17,20). The van der Waals surface area contributed by atoms with Gasteiger partial charge in [0.2, 0.25) is 0 Å². The summed E-state index contributed by atoms with van der Waals surface area (Å²) in [6.45, 7) is 5.15. The minimum atomic E-state index is -0.139. The average molecular weight is 312 g/mol. The van der Waals surface area contributed by atoms with Crippen LogP contribution in [-0.2, 0) is 4.74 Å². The molecule has 0 aromatic carbocycles. The second-order valence-electron chi connectivity index (χ2n) is 5.95. The molecule has 1 saturated carbocycles. The predicted octanol–water partition coefficient (Wildman–Crippen LogP) is 1.05. The number of nitrogens with zero attached hydrogens (tertiary/aromatic N) is 1. The second kappa shape index (κ2) is 8.82. The SMILES string of the molecule is CCCNC(=O)NC1CCCCC1NC(=O)N1CCOCC1. The van der Waals surface area contributed by atoms with E-state index < -0.39 is 0 Å². The van der Waals surface area contributed by atoms with Gasteiger partial charge in [-0.3, -0.25) is 0 Å². The van der Waals surface area contributed by atoms with Crippen LogP contribution in [0.15, 0.2) is 0 Å². The smallest absolute Gasteiger partial charge is 0.317 e. The molecule has 4 amide bonds. The van der Waals surface area contributed by atoms with E-state index >= 15 is 0 Å². The van der Waals surface area contributed by atoms with Gasteiger partial charge in [0.25, 0.3) is 0 Å². The molecule has 2 rings (SSSR count). The van der Waals surface area contributed by atoms with Gasteiger partial charge in [0.05, 0.1) is 25.3 Å². The molecule has 1 aliphatic heterocycles. The Morgan fingerprint density at radius 1 is 1.09 bits per heavy atom. The largest absolute Gasteiger partial charge is 0.378 e. The van der Waals surface area contributed by atoms with Crippen LogP contribution in [0.25, 0.3) is 0 Å². The molecule has 2 unspecified atom stereocenters. The molecule has 2 aliphatic rings. The van der Waals surface area contributed by atoms with Crippen LogP contribution in [0.4, 0.5) is 9.59 Å². The monoisotopic (exact) mass is 312 g/mol. The first kappa shape index (κ1) is 16.9. The number of rotatable bonds is 4. The number of urea groups is 2. The van der Waals surface area contributed by atoms with Gasteiger partial charge in [0.15, 0.2) is 0 Å². The van der Waals surface area contributed by atoms with Gasteiger partial charge >= 0.3 is 12.1 Å². The highest BCUT2D eigenvalue weighted by atomic mass is 16.5. The minimum Gasteiger partial charge on any atom is -0.378 e. The summed E-state index contributed by atoms with van der Waals surface area (Å²) in [4.78, 5) is 25.9. The van der Waals surface area contributed by atoms with Crippen LogP contribution in [0.5, 0.6) is 0 Å². The molecule has 1 aliphatic carbocycles. The summed E-state index contributed by atoms with van der Waals surface area (Å²) >= 11 is 0. The van der Waals surface area contributed by atoms with E-state index in [9.17, 15) is 9.59 Å². The summed E-state index contributed by atoms with van der Waals surface area (Å²) < 4.78 is 5.26. The highest BCUT2D eigenvalue weighted by Gasteiger charge is 2.29. The molecule has 3 N–H and O–H groups in total. The summed E-state index contributed by atoms with van der Waals surface area (Å²) in [7, 11) is 0. The maximum absolute atomic E-state index is 12.3. The fourth-order valence-electron chi connectivity index (χ4n) is 2.95. The van der Waals surface area contributed by atoms with Crippen LogP contribution in [0, 0.1) is 0 Å². The van der Waals surface area contributed by atoms with Gasteiger partial charge in [-0.1, -0.05) is 19.8 Å². The molecule has 0 spiro atoms. The lowest BCUT2D eigenvalue weighted by Crippen LogP contribution is -2.58. The predicted molar refractivity (Wildman–Crippen MR) is 83.8 cm³/mol. The van der Waals surface area contributed by atoms with E-state index in [0.717, 1.165) is 32.1 Å². The Morgan fingerprint density at radius 2 is 1.73 bits per heavy atom. The van der Waals surface area contributed by atoms with Crippen molar-refractivity contribution in [3.05, 3.63) is 0 Å². The molecule has 22 heavy (non-hydrogen) atoms. The van der Waals surface area contributed by atoms with Gasteiger partial charge in [0.1, 0.15) is 0 Å². The molecular weight excluding hydrogens is 284 g/mol. The van der Waals surface area contributed by atoms with Crippen LogP contribution in [0.2, 0.25) is 0 Å². The van der Waals surface area contributed by atoms with Crippen molar-refractivity contribution >= 4 is 12.1 Å². The number of nitrogens with one attached hydrogen (secondary N) is 3. The third-order valence-corrected chi connectivity index (χ3v) is 4.23. The molecule has 1 heterocycles. The van der Waals surface area contributed by atoms with E-state index in [4.69, 9.17) is 4.74 Å². The van der Waals surface area contributed by atoms with Gasteiger partial charge in [-0.2, -0.15) is 0 Å². The van der Waals surface area contributed by atoms with Crippen LogP contribution in [0.3, 0.4) is 0 Å². The third-order valence-electron chi connectivity index (χ3n) is 4.23. The molecule has 126 valence electrons. The molecule has 2 atom stereocenters. The third kappa shape index (κ3) is 5.05. The zero-order chi connectivity index (χ0) is 15.8. The van der Waals surface area contributed by atoms with Crippen molar-refractivity contribution in [1.29, 1.82) is 0 Å². The fraction of sp³-hybridized carbons (Fsp3) is 0.867. The Labute approximate surface area is 132 Å². The second-order valence-corrected chi connectivity index (χ2v) is 5.95. The summed E-state index contributed by atoms with van der Waals surface area (Å²) in [5.41, 5.74) is 0. The van der Waals surface area contributed by atoms with E-state index in [1.54, 1.807) is 4.90 Å². The van der Waals surface area contributed by atoms with Crippen molar-refractivity contribution in [2.45, 2.75) is 51.1 Å². The Bertz CT molecular complexity index is 372. The van der Waals surface area contributed by atoms with Crippen LogP contribution >= 0.6 is 0 Å². The van der Waals surface area contributed by atoms with Crippen molar-refractivity contribution < 1.29 is 14.3 Å². The van der Waals surface area contributed by atoms with Crippen molar-refractivity contribution in [3.63, 3.8) is 0 Å². The average Bonchev–Trinajstić information content (AvgIpc) is 2.55. The number of hydrogen-bond acceptors (Lipinski definition) is 3. The lowest BCUT2D eigenvalue weighted by Gasteiger charge is -2.35. The summed E-state index contributed by atoms with van der Waals surface area (Å²) in [5, 5.41) is 8.92. The Balaban J connectivity index is 1.83. The molecule has 0 radical (unpaired) electrons. The lowest BCUT2D eigenvalue weighted by molar-refractivity contribution is 0.0517. The number of amides is 4. The number of carbonyl (C=O) groups excluding carboxylic acids is 2. The maximum atomic E-state index is 12.3. The Morgan fingerprint density at radius 3 is 2.36 bits per heavy atom. The number of morpholine rings is 1. The first-order valence-electron chi connectivity index (χ1n) is 8.38. The van der Waals surface area contributed by atoms with Crippen LogP contribution < -0.4 is 16.0 Å². The molecule has 0 aromatic rings. The molecule has 2 fully saturated rings. The summed E-state index contributed by atoms with van der Waals surface area (Å²) in [5.74, 6) is 0. The normalized spacial score (nSPS) is 25.4. The molecule has 0 bridgehead atoms. The molecule has 0 aromatic heterocycles. The van der Waals surface area contributed by atoms with Crippen LogP contribution in [-0.4, -0.2) is 61.9 Å². The quantitative estimate of drug-likeness (QED) is 0.725. The van der Waals surface area contributed by atoms with Gasteiger partial charge < -0.3 is 25.6 Å². The van der Waals surface area contributed by atoms with E-state index in [-0.39, 0.29) is 24.1 Å². The van der Waals surface area contributed by atoms with Gasteiger partial charge in [0, 0.05) is 19.6 Å². The minimum absolute atomic E-state index is 0.00981. The fourth-order valence-corrected chi connectivity index (χ4v) is 2.95. The lowest BCUT2D eigenvalue weighted by atomic mass is 9.90. The zero-order valence-corrected chi connectivity index (χ0v) is 13.4. The van der Waals surface area contributed by atoms with Crippen molar-refractivity contribution in [3.8, 4) is 0 Å². The summed E-state index contributed by atoms with van der Waals surface area (Å²) in [6, 6.07) is -0.164.